The number of amides is 2. The smallest absolute Gasteiger partial charge is 0.238 e. The predicted octanol–water partition coefficient (Wildman–Crippen LogP) is 2.31. The monoisotopic (exact) mass is 376 g/mol. The van der Waals surface area contributed by atoms with Crippen molar-refractivity contribution in [1.82, 2.24) is 19.7 Å². The summed E-state index contributed by atoms with van der Waals surface area (Å²) >= 11 is 1.42. The highest BCUT2D eigenvalue weighted by Crippen LogP contribution is 2.32. The Hall–Kier alpha value is -2.26. The Labute approximate surface area is 156 Å². The van der Waals surface area contributed by atoms with E-state index in [4.69, 9.17) is 0 Å². The average molecular weight is 376 g/mol. The van der Waals surface area contributed by atoms with Crippen LogP contribution in [0.5, 0.6) is 0 Å². The standard InChI is InChI=1S/C17H24N6O2S/c1-11-13(8-22(3)21-11)19-16(25)9-23-7-5-4-6-15(23)14-10-26-17(20-14)18-12(2)24/h8,10,15H,4-7,9H2,1-3H3,(H,19,25)(H,18,20,24)/t15-/m1/s1. The molecule has 1 aliphatic rings. The second-order valence-corrected chi connectivity index (χ2v) is 7.45. The zero-order valence-corrected chi connectivity index (χ0v) is 16.1. The topological polar surface area (TPSA) is 92.1 Å². The van der Waals surface area contributed by atoms with E-state index >= 15 is 0 Å². The summed E-state index contributed by atoms with van der Waals surface area (Å²) < 4.78 is 1.69. The lowest BCUT2D eigenvalue weighted by Gasteiger charge is -2.34. The zero-order valence-electron chi connectivity index (χ0n) is 15.3. The van der Waals surface area contributed by atoms with Crippen molar-refractivity contribution in [3.8, 4) is 0 Å². The highest BCUT2D eigenvalue weighted by atomic mass is 32.1. The first kappa shape index (κ1) is 18.5. The van der Waals surface area contributed by atoms with E-state index in [0.717, 1.165) is 42.9 Å². The lowest BCUT2D eigenvalue weighted by atomic mass is 10.00. The molecular formula is C17H24N6O2S. The van der Waals surface area contributed by atoms with E-state index in [0.29, 0.717) is 11.7 Å². The molecular weight excluding hydrogens is 352 g/mol. The van der Waals surface area contributed by atoms with Crippen molar-refractivity contribution in [2.75, 3.05) is 23.7 Å². The molecule has 140 valence electrons. The SMILES string of the molecule is CC(=O)Nc1nc([C@H]2CCCCN2CC(=O)Nc2cn(C)nc2C)cs1. The summed E-state index contributed by atoms with van der Waals surface area (Å²) in [5.41, 5.74) is 2.46. The first-order chi connectivity index (χ1) is 12.4. The van der Waals surface area contributed by atoms with Crippen LogP contribution < -0.4 is 10.6 Å². The van der Waals surface area contributed by atoms with Crippen molar-refractivity contribution in [3.05, 3.63) is 23.0 Å². The van der Waals surface area contributed by atoms with Crippen molar-refractivity contribution >= 4 is 34.0 Å². The maximum Gasteiger partial charge on any atom is 0.238 e. The van der Waals surface area contributed by atoms with Crippen molar-refractivity contribution in [3.63, 3.8) is 0 Å². The maximum atomic E-state index is 12.5. The van der Waals surface area contributed by atoms with Gasteiger partial charge >= 0.3 is 0 Å². The van der Waals surface area contributed by atoms with Gasteiger partial charge in [0.25, 0.3) is 0 Å². The van der Waals surface area contributed by atoms with E-state index in [1.165, 1.54) is 18.3 Å². The molecule has 2 aromatic heterocycles. The maximum absolute atomic E-state index is 12.5. The summed E-state index contributed by atoms with van der Waals surface area (Å²) in [5.74, 6) is -0.178. The number of aryl methyl sites for hydroxylation is 2. The van der Waals surface area contributed by atoms with Crippen LogP contribution in [0, 0.1) is 6.92 Å². The Morgan fingerprint density at radius 3 is 2.85 bits per heavy atom. The lowest BCUT2D eigenvalue weighted by Crippen LogP contribution is -2.39. The third-order valence-electron chi connectivity index (χ3n) is 4.39. The Kier molecular flexibility index (Phi) is 5.67. The van der Waals surface area contributed by atoms with Crippen LogP contribution in [-0.2, 0) is 16.6 Å². The third kappa shape index (κ3) is 4.47. The molecule has 2 aromatic rings. The van der Waals surface area contributed by atoms with Gasteiger partial charge in [-0.2, -0.15) is 5.10 Å². The molecule has 26 heavy (non-hydrogen) atoms. The number of carbonyl (C=O) groups excluding carboxylic acids is 2. The number of piperidine rings is 1. The minimum Gasteiger partial charge on any atom is -0.322 e. The van der Waals surface area contributed by atoms with E-state index in [9.17, 15) is 9.59 Å². The number of anilines is 2. The van der Waals surface area contributed by atoms with Crippen LogP contribution in [-0.4, -0.2) is 44.6 Å². The molecule has 0 saturated carbocycles. The highest BCUT2D eigenvalue weighted by Gasteiger charge is 2.28. The summed E-state index contributed by atoms with van der Waals surface area (Å²) in [6.45, 7) is 4.51. The van der Waals surface area contributed by atoms with Crippen LogP contribution in [0.4, 0.5) is 10.8 Å². The van der Waals surface area contributed by atoms with E-state index in [-0.39, 0.29) is 17.9 Å². The third-order valence-corrected chi connectivity index (χ3v) is 5.17. The number of hydrogen-bond donors (Lipinski definition) is 2. The fraction of sp³-hybridized carbons (Fsp3) is 0.529. The van der Waals surface area contributed by atoms with E-state index in [2.05, 4.69) is 25.6 Å². The number of aromatic nitrogens is 3. The number of rotatable bonds is 5. The van der Waals surface area contributed by atoms with Crippen LogP contribution in [0.2, 0.25) is 0 Å². The second-order valence-electron chi connectivity index (χ2n) is 6.59. The summed E-state index contributed by atoms with van der Waals surface area (Å²) in [5, 5.41) is 12.5. The second kappa shape index (κ2) is 7.96. The van der Waals surface area contributed by atoms with Gasteiger partial charge in [0.15, 0.2) is 5.13 Å². The molecule has 0 radical (unpaired) electrons. The molecule has 0 aromatic carbocycles. The van der Waals surface area contributed by atoms with Crippen LogP contribution in [0.25, 0.3) is 0 Å². The van der Waals surface area contributed by atoms with Gasteiger partial charge in [-0.1, -0.05) is 6.42 Å². The predicted molar refractivity (Wildman–Crippen MR) is 101 cm³/mol. The number of nitrogens with zero attached hydrogens (tertiary/aromatic N) is 4. The minimum absolute atomic E-state index is 0.0506. The molecule has 1 aliphatic heterocycles. The van der Waals surface area contributed by atoms with Gasteiger partial charge in [-0.25, -0.2) is 4.98 Å². The first-order valence-corrected chi connectivity index (χ1v) is 9.57. The normalized spacial score (nSPS) is 17.9. The van der Waals surface area contributed by atoms with Crippen molar-refractivity contribution in [1.29, 1.82) is 0 Å². The summed E-state index contributed by atoms with van der Waals surface area (Å²) in [4.78, 5) is 30.4. The van der Waals surface area contributed by atoms with E-state index in [1.54, 1.807) is 10.9 Å². The highest BCUT2D eigenvalue weighted by molar-refractivity contribution is 7.13. The Bertz CT molecular complexity index is 799. The lowest BCUT2D eigenvalue weighted by molar-refractivity contribution is -0.118. The van der Waals surface area contributed by atoms with Gasteiger partial charge in [-0.15, -0.1) is 11.3 Å². The molecule has 2 N–H and O–H groups in total. The molecule has 1 saturated heterocycles. The van der Waals surface area contributed by atoms with E-state index in [1.807, 2.05) is 19.4 Å². The van der Waals surface area contributed by atoms with Crippen molar-refractivity contribution in [2.45, 2.75) is 39.2 Å². The molecule has 2 amide bonds. The average Bonchev–Trinajstić information content (AvgIpc) is 3.14. The van der Waals surface area contributed by atoms with Crippen LogP contribution in [0.3, 0.4) is 0 Å². The molecule has 1 fully saturated rings. The number of thiazole rings is 1. The number of nitrogens with one attached hydrogen (secondary N) is 2. The molecule has 0 bridgehead atoms. The number of likely N-dealkylation sites (tertiary alicyclic amines) is 1. The van der Waals surface area contributed by atoms with Crippen LogP contribution in [0.15, 0.2) is 11.6 Å². The fourth-order valence-electron chi connectivity index (χ4n) is 3.26. The molecule has 3 rings (SSSR count). The van der Waals surface area contributed by atoms with Gasteiger partial charge in [0, 0.05) is 25.5 Å². The zero-order chi connectivity index (χ0) is 18.7. The molecule has 0 spiro atoms. The fourth-order valence-corrected chi connectivity index (χ4v) is 4.06. The Morgan fingerprint density at radius 2 is 2.15 bits per heavy atom. The molecule has 0 unspecified atom stereocenters. The molecule has 0 aliphatic carbocycles. The number of hydrogen-bond acceptors (Lipinski definition) is 6. The van der Waals surface area contributed by atoms with Gasteiger partial charge in [-0.3, -0.25) is 19.2 Å². The largest absolute Gasteiger partial charge is 0.322 e. The van der Waals surface area contributed by atoms with Gasteiger partial charge in [0.1, 0.15) is 0 Å². The summed E-state index contributed by atoms with van der Waals surface area (Å²) in [6.07, 6.45) is 4.94. The van der Waals surface area contributed by atoms with Gasteiger partial charge < -0.3 is 10.6 Å². The van der Waals surface area contributed by atoms with Crippen molar-refractivity contribution < 1.29 is 9.59 Å². The quantitative estimate of drug-likeness (QED) is 0.835. The molecule has 1 atom stereocenters. The Balaban J connectivity index is 1.66. The van der Waals surface area contributed by atoms with Gasteiger partial charge in [0.05, 0.1) is 29.7 Å². The van der Waals surface area contributed by atoms with Crippen LogP contribution in [0.1, 0.15) is 43.6 Å². The van der Waals surface area contributed by atoms with Crippen molar-refractivity contribution in [2.24, 2.45) is 7.05 Å². The molecule has 8 nitrogen and oxygen atoms in total. The van der Waals surface area contributed by atoms with Crippen LogP contribution >= 0.6 is 11.3 Å². The molecule has 9 heteroatoms. The summed E-state index contributed by atoms with van der Waals surface area (Å²) in [6, 6.07) is 0.100. The van der Waals surface area contributed by atoms with Gasteiger partial charge in [0.2, 0.25) is 11.8 Å². The summed E-state index contributed by atoms with van der Waals surface area (Å²) in [7, 11) is 1.83. The van der Waals surface area contributed by atoms with Gasteiger partial charge in [-0.05, 0) is 26.3 Å². The minimum atomic E-state index is -0.127. The molecule has 3 heterocycles. The van der Waals surface area contributed by atoms with E-state index < -0.39 is 0 Å². The first-order valence-electron chi connectivity index (χ1n) is 8.69. The Morgan fingerprint density at radius 1 is 1.35 bits per heavy atom. The number of carbonyl (C=O) groups is 2.